The molecular formula is C29H32N2OS. The zero-order chi connectivity index (χ0) is 22.8. The molecule has 1 atom stereocenters. The van der Waals surface area contributed by atoms with Gasteiger partial charge in [-0.3, -0.25) is 9.36 Å². The Kier molecular flexibility index (Phi) is 6.29. The molecule has 2 aromatic carbocycles. The fourth-order valence-corrected chi connectivity index (χ4v) is 6.60. The Morgan fingerprint density at radius 3 is 2.58 bits per heavy atom. The lowest BCUT2D eigenvalue weighted by Gasteiger charge is -2.44. The Hall–Kier alpha value is -2.59. The van der Waals surface area contributed by atoms with Gasteiger partial charge in [0.15, 0.2) is 5.16 Å². The first kappa shape index (κ1) is 22.2. The van der Waals surface area contributed by atoms with Crippen LogP contribution in [0.25, 0.3) is 11.3 Å². The van der Waals surface area contributed by atoms with Crippen LogP contribution in [0, 0.1) is 5.92 Å². The number of fused-ring (bicyclic) bond motifs is 3. The number of hydrogen-bond acceptors (Lipinski definition) is 3. The summed E-state index contributed by atoms with van der Waals surface area (Å²) < 4.78 is 1.91. The third-order valence-electron chi connectivity index (χ3n) is 7.56. The quantitative estimate of drug-likeness (QED) is 0.237. The molecule has 0 saturated heterocycles. The van der Waals surface area contributed by atoms with Crippen molar-refractivity contribution in [3.8, 4) is 11.3 Å². The summed E-state index contributed by atoms with van der Waals surface area (Å²) >= 11 is 1.60. The van der Waals surface area contributed by atoms with Gasteiger partial charge >= 0.3 is 0 Å². The molecule has 0 spiro atoms. The standard InChI is InChI=1S/C29H32N2OS/c1-3-18-33-28-30-26-24-17-11-10-14-22(24)19-29(2,23-15-8-5-9-16-23)25(26)27(32)31(28)20-21-12-6-4-7-13-21/h3-4,6-7,10-14,17,23H,1,5,8-9,15-16,18-20H2,2H3. The highest BCUT2D eigenvalue weighted by Gasteiger charge is 2.44. The van der Waals surface area contributed by atoms with Gasteiger partial charge in [-0.1, -0.05) is 98.6 Å². The molecule has 0 radical (unpaired) electrons. The molecule has 2 aliphatic rings. The van der Waals surface area contributed by atoms with Gasteiger partial charge in [-0.15, -0.1) is 6.58 Å². The highest BCUT2D eigenvalue weighted by atomic mass is 32.2. The number of aromatic nitrogens is 2. The largest absolute Gasteiger partial charge is 0.283 e. The monoisotopic (exact) mass is 456 g/mol. The fourth-order valence-electron chi connectivity index (χ4n) is 5.87. The smallest absolute Gasteiger partial charge is 0.258 e. The van der Waals surface area contributed by atoms with Gasteiger partial charge in [0.05, 0.1) is 17.8 Å². The van der Waals surface area contributed by atoms with Crippen molar-refractivity contribution in [2.45, 2.75) is 62.6 Å². The topological polar surface area (TPSA) is 34.9 Å². The summed E-state index contributed by atoms with van der Waals surface area (Å²) in [6, 6.07) is 18.8. The molecule has 2 aliphatic carbocycles. The van der Waals surface area contributed by atoms with Crippen molar-refractivity contribution in [2.24, 2.45) is 5.92 Å². The van der Waals surface area contributed by atoms with E-state index in [0.29, 0.717) is 12.5 Å². The highest BCUT2D eigenvalue weighted by Crippen LogP contribution is 2.49. The minimum Gasteiger partial charge on any atom is -0.283 e. The van der Waals surface area contributed by atoms with Crippen LogP contribution in [0.5, 0.6) is 0 Å². The van der Waals surface area contributed by atoms with E-state index in [1.165, 1.54) is 37.7 Å². The van der Waals surface area contributed by atoms with Gasteiger partial charge < -0.3 is 0 Å². The van der Waals surface area contributed by atoms with Crippen molar-refractivity contribution in [3.05, 3.63) is 94.3 Å². The second-order valence-corrected chi connectivity index (χ2v) is 10.7. The van der Waals surface area contributed by atoms with Crippen LogP contribution in [0.3, 0.4) is 0 Å². The van der Waals surface area contributed by atoms with Crippen molar-refractivity contribution < 1.29 is 0 Å². The van der Waals surface area contributed by atoms with Crippen molar-refractivity contribution >= 4 is 11.8 Å². The summed E-state index contributed by atoms with van der Waals surface area (Å²) in [5.74, 6) is 1.24. The molecule has 3 nitrogen and oxygen atoms in total. The molecule has 1 aromatic heterocycles. The molecular weight excluding hydrogens is 424 g/mol. The van der Waals surface area contributed by atoms with Gasteiger partial charge in [0.25, 0.3) is 5.56 Å². The third-order valence-corrected chi connectivity index (χ3v) is 8.53. The maximum Gasteiger partial charge on any atom is 0.258 e. The first-order valence-electron chi connectivity index (χ1n) is 12.1. The van der Waals surface area contributed by atoms with Crippen molar-refractivity contribution in [2.75, 3.05) is 5.75 Å². The molecule has 1 unspecified atom stereocenters. The summed E-state index contributed by atoms with van der Waals surface area (Å²) in [5, 5.41) is 0.783. The minimum atomic E-state index is -0.186. The minimum absolute atomic E-state index is 0.137. The van der Waals surface area contributed by atoms with Gasteiger partial charge in [0.2, 0.25) is 0 Å². The highest BCUT2D eigenvalue weighted by molar-refractivity contribution is 7.99. The van der Waals surface area contributed by atoms with Crippen molar-refractivity contribution in [1.82, 2.24) is 9.55 Å². The van der Waals surface area contributed by atoms with Crippen LogP contribution < -0.4 is 5.56 Å². The second-order valence-electron chi connectivity index (χ2n) is 9.68. The average Bonchev–Trinajstić information content (AvgIpc) is 2.85. The first-order valence-corrected chi connectivity index (χ1v) is 13.1. The van der Waals surface area contributed by atoms with E-state index in [4.69, 9.17) is 4.98 Å². The van der Waals surface area contributed by atoms with E-state index in [0.717, 1.165) is 39.7 Å². The van der Waals surface area contributed by atoms with Gasteiger partial charge in [0.1, 0.15) is 0 Å². The van der Waals surface area contributed by atoms with Crippen LogP contribution in [0.4, 0.5) is 0 Å². The molecule has 0 aliphatic heterocycles. The van der Waals surface area contributed by atoms with Gasteiger partial charge in [0, 0.05) is 16.7 Å². The van der Waals surface area contributed by atoms with Gasteiger partial charge in [-0.25, -0.2) is 4.98 Å². The van der Waals surface area contributed by atoms with E-state index >= 15 is 0 Å². The van der Waals surface area contributed by atoms with Gasteiger partial charge in [-0.05, 0) is 36.3 Å². The zero-order valence-electron chi connectivity index (χ0n) is 19.4. The molecule has 0 amide bonds. The molecule has 1 heterocycles. The third kappa shape index (κ3) is 4.10. The van der Waals surface area contributed by atoms with Crippen molar-refractivity contribution in [3.63, 3.8) is 0 Å². The number of hydrogen-bond donors (Lipinski definition) is 0. The van der Waals surface area contributed by atoms with Gasteiger partial charge in [-0.2, -0.15) is 0 Å². The van der Waals surface area contributed by atoms with E-state index < -0.39 is 0 Å². The second kappa shape index (κ2) is 9.34. The van der Waals surface area contributed by atoms with E-state index in [1.54, 1.807) is 11.8 Å². The fraction of sp³-hybridized carbons (Fsp3) is 0.379. The molecule has 170 valence electrons. The average molecular weight is 457 g/mol. The van der Waals surface area contributed by atoms with E-state index in [2.05, 4.69) is 49.9 Å². The summed E-state index contributed by atoms with van der Waals surface area (Å²) in [6.45, 7) is 6.76. The molecule has 33 heavy (non-hydrogen) atoms. The molecule has 1 fully saturated rings. The van der Waals surface area contributed by atoms with Crippen LogP contribution in [0.15, 0.2) is 77.2 Å². The lowest BCUT2D eigenvalue weighted by Crippen LogP contribution is -2.45. The van der Waals surface area contributed by atoms with Crippen LogP contribution in [0.1, 0.15) is 55.7 Å². The van der Waals surface area contributed by atoms with Crippen LogP contribution in [-0.2, 0) is 18.4 Å². The lowest BCUT2D eigenvalue weighted by atomic mass is 9.60. The molecule has 0 N–H and O–H groups in total. The predicted molar refractivity (Wildman–Crippen MR) is 138 cm³/mol. The Labute approximate surface area is 201 Å². The normalized spacial score (nSPS) is 20.2. The number of benzene rings is 2. The predicted octanol–water partition coefficient (Wildman–Crippen LogP) is 6.63. The maximum atomic E-state index is 14.4. The molecule has 5 rings (SSSR count). The van der Waals surface area contributed by atoms with E-state index in [9.17, 15) is 4.79 Å². The maximum absolute atomic E-state index is 14.4. The van der Waals surface area contributed by atoms with E-state index in [1.807, 2.05) is 28.8 Å². The summed E-state index contributed by atoms with van der Waals surface area (Å²) in [7, 11) is 0. The number of rotatable bonds is 6. The summed E-state index contributed by atoms with van der Waals surface area (Å²) in [6.07, 6.45) is 9.02. The number of thioether (sulfide) groups is 1. The van der Waals surface area contributed by atoms with E-state index in [-0.39, 0.29) is 11.0 Å². The summed E-state index contributed by atoms with van der Waals surface area (Å²) in [4.78, 5) is 19.6. The molecule has 4 heteroatoms. The molecule has 1 saturated carbocycles. The Bertz CT molecular complexity index is 1210. The zero-order valence-corrected chi connectivity index (χ0v) is 20.2. The van der Waals surface area contributed by atoms with Crippen LogP contribution in [-0.4, -0.2) is 15.3 Å². The lowest BCUT2D eigenvalue weighted by molar-refractivity contribution is 0.212. The molecule has 3 aromatic rings. The Morgan fingerprint density at radius 1 is 1.09 bits per heavy atom. The molecule has 0 bridgehead atoms. The van der Waals surface area contributed by atoms with Crippen LogP contribution >= 0.6 is 11.8 Å². The van der Waals surface area contributed by atoms with Crippen LogP contribution in [0.2, 0.25) is 0 Å². The first-order chi connectivity index (χ1) is 16.1. The Balaban J connectivity index is 1.74. The number of nitrogens with zero attached hydrogens (tertiary/aromatic N) is 2. The Morgan fingerprint density at radius 2 is 1.82 bits per heavy atom. The van der Waals surface area contributed by atoms with Crippen molar-refractivity contribution in [1.29, 1.82) is 0 Å². The SMILES string of the molecule is C=CCSc1nc2c(c(=O)n1Cc1ccccc1)C(C)(C1CCCCC1)Cc1ccccc1-2. The summed E-state index contributed by atoms with van der Waals surface area (Å²) in [5.41, 5.74) is 5.37.